The first-order valence-electron chi connectivity index (χ1n) is 8.59. The summed E-state index contributed by atoms with van der Waals surface area (Å²) in [5.74, 6) is -1.01. The third-order valence-electron chi connectivity index (χ3n) is 4.48. The van der Waals surface area contributed by atoms with E-state index >= 15 is 0 Å². The van der Waals surface area contributed by atoms with Gasteiger partial charge in [0.25, 0.3) is 10.0 Å². The average molecular weight is 478 g/mol. The van der Waals surface area contributed by atoms with Crippen LogP contribution in [0, 0.1) is 0 Å². The van der Waals surface area contributed by atoms with Crippen molar-refractivity contribution in [3.05, 3.63) is 81.7 Å². The van der Waals surface area contributed by atoms with Gasteiger partial charge in [0.15, 0.2) is 0 Å². The zero-order chi connectivity index (χ0) is 21.5. The Morgan fingerprint density at radius 1 is 0.933 bits per heavy atom. The molecular weight excluding hydrogens is 465 g/mol. The van der Waals surface area contributed by atoms with E-state index in [2.05, 4.69) is 4.72 Å². The number of thiophene rings is 1. The Morgan fingerprint density at radius 3 is 2.33 bits per heavy atom. The number of carboxylic acids is 1. The van der Waals surface area contributed by atoms with Gasteiger partial charge in [0.2, 0.25) is 0 Å². The van der Waals surface area contributed by atoms with E-state index in [9.17, 15) is 18.3 Å². The van der Waals surface area contributed by atoms with Crippen LogP contribution >= 0.6 is 34.5 Å². The summed E-state index contributed by atoms with van der Waals surface area (Å²) in [6.45, 7) is 0. The lowest BCUT2D eigenvalue weighted by molar-refractivity contribution is 0.0697. The van der Waals surface area contributed by atoms with Crippen LogP contribution in [0.3, 0.4) is 0 Å². The molecule has 0 aliphatic heterocycles. The predicted molar refractivity (Wildman–Crippen MR) is 121 cm³/mol. The minimum atomic E-state index is -3.88. The topological polar surface area (TPSA) is 83.5 Å². The van der Waals surface area contributed by atoms with Gasteiger partial charge in [0.1, 0.15) is 8.55 Å². The van der Waals surface area contributed by atoms with Crippen LogP contribution in [0.4, 0.5) is 5.69 Å². The number of rotatable bonds is 5. The summed E-state index contributed by atoms with van der Waals surface area (Å²) in [4.78, 5) is 11.3. The van der Waals surface area contributed by atoms with E-state index in [1.54, 1.807) is 36.4 Å². The van der Waals surface area contributed by atoms with E-state index in [0.29, 0.717) is 11.1 Å². The van der Waals surface area contributed by atoms with Crippen LogP contribution in [-0.2, 0) is 10.0 Å². The molecule has 0 aliphatic rings. The third kappa shape index (κ3) is 3.89. The first-order valence-corrected chi connectivity index (χ1v) is 11.6. The third-order valence-corrected chi connectivity index (χ3v) is 8.18. The Labute approximate surface area is 186 Å². The molecule has 0 saturated carbocycles. The molecule has 0 atom stereocenters. The molecule has 30 heavy (non-hydrogen) atoms. The van der Waals surface area contributed by atoms with Gasteiger partial charge in [-0.2, -0.15) is 0 Å². The van der Waals surface area contributed by atoms with Crippen molar-refractivity contribution in [3.8, 4) is 11.1 Å². The number of hydrogen-bond acceptors (Lipinski definition) is 4. The average Bonchev–Trinajstić information content (AvgIpc) is 3.07. The Kier molecular flexibility index (Phi) is 5.46. The van der Waals surface area contributed by atoms with E-state index in [4.69, 9.17) is 23.2 Å². The fourth-order valence-electron chi connectivity index (χ4n) is 3.11. The summed E-state index contributed by atoms with van der Waals surface area (Å²) in [6.07, 6.45) is 0. The highest BCUT2D eigenvalue weighted by molar-refractivity contribution is 7.94. The number of aromatic carboxylic acids is 1. The molecule has 1 heterocycles. The smallest absolute Gasteiger partial charge is 0.335 e. The number of fused-ring (bicyclic) bond motifs is 1. The largest absolute Gasteiger partial charge is 0.478 e. The van der Waals surface area contributed by atoms with Crippen molar-refractivity contribution in [2.24, 2.45) is 0 Å². The molecule has 3 aromatic carbocycles. The molecule has 0 radical (unpaired) electrons. The summed E-state index contributed by atoms with van der Waals surface area (Å²) >= 11 is 12.7. The molecule has 1 aromatic heterocycles. The summed E-state index contributed by atoms with van der Waals surface area (Å²) in [5.41, 5.74) is 2.08. The van der Waals surface area contributed by atoms with E-state index < -0.39 is 16.0 Å². The molecule has 0 aliphatic carbocycles. The molecule has 0 saturated heterocycles. The summed E-state index contributed by atoms with van der Waals surface area (Å²) in [6, 6.07) is 18.6. The van der Waals surface area contributed by atoms with Gasteiger partial charge in [-0.15, -0.1) is 11.3 Å². The van der Waals surface area contributed by atoms with Crippen LogP contribution in [0.25, 0.3) is 21.9 Å². The number of hydrogen-bond donors (Lipinski definition) is 2. The van der Waals surface area contributed by atoms with Gasteiger partial charge in [0, 0.05) is 5.39 Å². The van der Waals surface area contributed by atoms with E-state index in [1.807, 2.05) is 18.2 Å². The molecule has 0 amide bonds. The van der Waals surface area contributed by atoms with Gasteiger partial charge in [-0.05, 0) is 40.8 Å². The minimum absolute atomic E-state index is 0.0137. The number of nitrogens with one attached hydrogen (secondary N) is 1. The van der Waals surface area contributed by atoms with E-state index in [-0.39, 0.29) is 19.1 Å². The molecule has 5 nitrogen and oxygen atoms in total. The lowest BCUT2D eigenvalue weighted by atomic mass is 9.96. The molecule has 0 fully saturated rings. The Morgan fingerprint density at radius 2 is 1.67 bits per heavy atom. The second kappa shape index (κ2) is 7.92. The number of carboxylic acid groups (broad SMARTS) is 1. The Bertz CT molecular complexity index is 1380. The lowest BCUT2D eigenvalue weighted by Gasteiger charge is -2.13. The molecule has 0 unspecified atom stereocenters. The number of halogens is 2. The fourth-order valence-corrected chi connectivity index (χ4v) is 6.07. The molecule has 152 valence electrons. The Balaban J connectivity index is 1.82. The van der Waals surface area contributed by atoms with Gasteiger partial charge in [0.05, 0.1) is 16.3 Å². The first-order chi connectivity index (χ1) is 14.3. The van der Waals surface area contributed by atoms with Crippen molar-refractivity contribution >= 4 is 67.0 Å². The normalized spacial score (nSPS) is 11.5. The van der Waals surface area contributed by atoms with Crippen LogP contribution in [0.15, 0.2) is 70.9 Å². The van der Waals surface area contributed by atoms with Crippen LogP contribution in [0.5, 0.6) is 0 Å². The molecule has 2 N–H and O–H groups in total. The Hall–Kier alpha value is -2.58. The maximum Gasteiger partial charge on any atom is 0.335 e. The highest BCUT2D eigenvalue weighted by atomic mass is 35.5. The SMILES string of the molecule is O=C(O)c1cccc(-c2ccc(NS(=O)(=O)c3cc(Cl)c(Cl)s3)c3ccccc23)c1. The summed E-state index contributed by atoms with van der Waals surface area (Å²) in [5, 5.41) is 10.9. The van der Waals surface area contributed by atoms with Gasteiger partial charge < -0.3 is 5.11 Å². The molecule has 0 spiro atoms. The second-order valence-electron chi connectivity index (χ2n) is 6.38. The van der Waals surface area contributed by atoms with Gasteiger partial charge >= 0.3 is 5.97 Å². The zero-order valence-electron chi connectivity index (χ0n) is 15.1. The monoisotopic (exact) mass is 477 g/mol. The van der Waals surface area contributed by atoms with Crippen LogP contribution in [0.2, 0.25) is 9.36 Å². The predicted octanol–water partition coefficient (Wildman–Crippen LogP) is 6.37. The number of benzene rings is 3. The standard InChI is InChI=1S/C21H13Cl2NO4S2/c22-17-11-19(29-20(17)23)30(27,28)24-18-9-8-14(15-6-1-2-7-16(15)18)12-4-3-5-13(10-12)21(25)26/h1-11,24H,(H,25,26). The summed E-state index contributed by atoms with van der Waals surface area (Å²) in [7, 11) is -3.88. The van der Waals surface area contributed by atoms with E-state index in [0.717, 1.165) is 27.8 Å². The van der Waals surface area contributed by atoms with Crippen molar-refractivity contribution in [3.63, 3.8) is 0 Å². The second-order valence-corrected chi connectivity index (χ2v) is 10.4. The zero-order valence-corrected chi connectivity index (χ0v) is 18.2. The number of sulfonamides is 1. The maximum absolute atomic E-state index is 12.8. The van der Waals surface area contributed by atoms with E-state index in [1.165, 1.54) is 12.1 Å². The minimum Gasteiger partial charge on any atom is -0.478 e. The van der Waals surface area contributed by atoms with Crippen molar-refractivity contribution in [2.45, 2.75) is 4.21 Å². The van der Waals surface area contributed by atoms with Crippen LogP contribution in [-0.4, -0.2) is 19.5 Å². The van der Waals surface area contributed by atoms with Crippen LogP contribution in [0.1, 0.15) is 10.4 Å². The lowest BCUT2D eigenvalue weighted by Crippen LogP contribution is -2.11. The number of anilines is 1. The number of carbonyl (C=O) groups is 1. The van der Waals surface area contributed by atoms with Crippen molar-refractivity contribution in [1.29, 1.82) is 0 Å². The van der Waals surface area contributed by atoms with Gasteiger partial charge in [-0.1, -0.05) is 65.7 Å². The fraction of sp³-hybridized carbons (Fsp3) is 0. The van der Waals surface area contributed by atoms with Crippen LogP contribution < -0.4 is 4.72 Å². The molecule has 4 rings (SSSR count). The quantitative estimate of drug-likeness (QED) is 0.349. The first kappa shape index (κ1) is 20.7. The molecular formula is C21H13Cl2NO4S2. The molecule has 4 aromatic rings. The maximum atomic E-state index is 12.8. The van der Waals surface area contributed by atoms with Crippen molar-refractivity contribution in [1.82, 2.24) is 0 Å². The van der Waals surface area contributed by atoms with Crippen molar-refractivity contribution in [2.75, 3.05) is 4.72 Å². The van der Waals surface area contributed by atoms with Gasteiger partial charge in [-0.3, -0.25) is 4.72 Å². The molecule has 9 heteroatoms. The molecule has 0 bridgehead atoms. The highest BCUT2D eigenvalue weighted by Gasteiger charge is 2.21. The highest BCUT2D eigenvalue weighted by Crippen LogP contribution is 2.37. The van der Waals surface area contributed by atoms with Crippen molar-refractivity contribution < 1.29 is 18.3 Å². The summed E-state index contributed by atoms with van der Waals surface area (Å²) < 4.78 is 28.4. The van der Waals surface area contributed by atoms with Gasteiger partial charge in [-0.25, -0.2) is 13.2 Å².